The van der Waals surface area contributed by atoms with E-state index in [1.807, 2.05) is 0 Å². The molecule has 0 bridgehead atoms. The van der Waals surface area contributed by atoms with Crippen LogP contribution in [0.15, 0.2) is 36.4 Å². The van der Waals surface area contributed by atoms with Gasteiger partial charge in [-0.2, -0.15) is 0 Å². The van der Waals surface area contributed by atoms with Gasteiger partial charge in [0.05, 0.1) is 5.02 Å². The molecule has 216 valence electrons. The van der Waals surface area contributed by atoms with Gasteiger partial charge < -0.3 is 33.2 Å². The van der Waals surface area contributed by atoms with Crippen LogP contribution >= 0.6 is 34.8 Å². The maximum atomic E-state index is 12.1. The third-order valence-corrected chi connectivity index (χ3v) is 5.98. The Balaban J connectivity index is 2.04. The molecule has 1 heterocycles. The van der Waals surface area contributed by atoms with Crippen molar-refractivity contribution in [3.8, 4) is 17.2 Å². The largest absolute Gasteiger partial charge is 0.463 e. The van der Waals surface area contributed by atoms with Crippen LogP contribution in [0.25, 0.3) is 0 Å². The number of halogens is 3. The molecule has 5 unspecified atom stereocenters. The minimum atomic E-state index is -1.50. The summed E-state index contributed by atoms with van der Waals surface area (Å²) in [4.78, 5) is 47.6. The summed E-state index contributed by atoms with van der Waals surface area (Å²) in [6, 6.07) is 9.01. The van der Waals surface area contributed by atoms with E-state index in [0.29, 0.717) is 5.02 Å². The van der Waals surface area contributed by atoms with E-state index in [9.17, 15) is 19.2 Å². The second-order valence-corrected chi connectivity index (χ2v) is 9.73. The number of ether oxygens (including phenoxy) is 7. The molecule has 1 aliphatic rings. The van der Waals surface area contributed by atoms with Crippen LogP contribution in [0.3, 0.4) is 0 Å². The first-order valence-corrected chi connectivity index (χ1v) is 12.9. The number of esters is 4. The first-order chi connectivity index (χ1) is 18.8. The minimum absolute atomic E-state index is 0.0133. The van der Waals surface area contributed by atoms with Gasteiger partial charge in [-0.3, -0.25) is 19.2 Å². The van der Waals surface area contributed by atoms with E-state index in [4.69, 9.17) is 68.0 Å². The van der Waals surface area contributed by atoms with Crippen molar-refractivity contribution in [2.75, 3.05) is 6.61 Å². The highest BCUT2D eigenvalue weighted by atomic mass is 35.5. The van der Waals surface area contributed by atoms with E-state index >= 15 is 0 Å². The highest BCUT2D eigenvalue weighted by Crippen LogP contribution is 2.40. The van der Waals surface area contributed by atoms with E-state index in [-0.39, 0.29) is 27.3 Å². The van der Waals surface area contributed by atoms with Gasteiger partial charge in [0, 0.05) is 43.8 Å². The van der Waals surface area contributed by atoms with E-state index in [1.165, 1.54) is 37.3 Å². The first-order valence-electron chi connectivity index (χ1n) is 11.7. The van der Waals surface area contributed by atoms with Crippen molar-refractivity contribution in [3.05, 3.63) is 51.5 Å². The number of hydrogen-bond donors (Lipinski definition) is 0. The molecular formula is C26H25Cl3O11. The molecule has 0 aromatic heterocycles. The average Bonchev–Trinajstić information content (AvgIpc) is 2.84. The zero-order valence-corrected chi connectivity index (χ0v) is 24.0. The van der Waals surface area contributed by atoms with Gasteiger partial charge in [0.25, 0.3) is 0 Å². The lowest BCUT2D eigenvalue weighted by atomic mass is 9.98. The molecule has 0 saturated carbocycles. The molecule has 40 heavy (non-hydrogen) atoms. The van der Waals surface area contributed by atoms with E-state index < -0.39 is 61.2 Å². The molecule has 0 radical (unpaired) electrons. The lowest BCUT2D eigenvalue weighted by molar-refractivity contribution is -0.288. The Morgan fingerprint density at radius 3 is 1.82 bits per heavy atom. The van der Waals surface area contributed by atoms with Gasteiger partial charge in [-0.1, -0.05) is 34.8 Å². The highest BCUT2D eigenvalue weighted by Gasteiger charge is 2.53. The summed E-state index contributed by atoms with van der Waals surface area (Å²) in [6.45, 7) is 4.09. The second-order valence-electron chi connectivity index (χ2n) is 8.45. The Morgan fingerprint density at radius 1 is 0.700 bits per heavy atom. The molecule has 1 aliphatic heterocycles. The van der Waals surface area contributed by atoms with Crippen molar-refractivity contribution in [2.24, 2.45) is 0 Å². The SMILES string of the molecule is CC(=O)OCC1OC(Oc2cc(Cl)ccc2Oc2ccc(Cl)cc2Cl)C(OC(C)=O)C(OC(C)=O)C1OC(C)=O. The van der Waals surface area contributed by atoms with Crippen molar-refractivity contribution in [1.82, 2.24) is 0 Å². The zero-order valence-electron chi connectivity index (χ0n) is 21.7. The number of benzene rings is 2. The summed E-state index contributed by atoms with van der Waals surface area (Å²) in [5, 5.41) is 0.846. The molecule has 11 nitrogen and oxygen atoms in total. The Labute approximate surface area is 244 Å². The summed E-state index contributed by atoms with van der Waals surface area (Å²) < 4.78 is 39.2. The third kappa shape index (κ3) is 8.62. The number of rotatable bonds is 9. The predicted octanol–water partition coefficient (Wildman–Crippen LogP) is 4.90. The van der Waals surface area contributed by atoms with Crippen LogP contribution in [0, 0.1) is 0 Å². The van der Waals surface area contributed by atoms with Crippen LogP contribution in [0.5, 0.6) is 17.2 Å². The summed E-state index contributed by atoms with van der Waals surface area (Å²) in [6.07, 6.45) is -6.91. The van der Waals surface area contributed by atoms with E-state index in [2.05, 4.69) is 0 Å². The van der Waals surface area contributed by atoms with Crippen molar-refractivity contribution >= 4 is 58.7 Å². The lowest BCUT2D eigenvalue weighted by Crippen LogP contribution is -2.63. The maximum Gasteiger partial charge on any atom is 0.303 e. The van der Waals surface area contributed by atoms with E-state index in [0.717, 1.165) is 20.8 Å². The van der Waals surface area contributed by atoms with Crippen molar-refractivity contribution < 1.29 is 52.3 Å². The molecule has 14 heteroatoms. The predicted molar refractivity (Wildman–Crippen MR) is 141 cm³/mol. The van der Waals surface area contributed by atoms with Crippen LogP contribution in [0.1, 0.15) is 27.7 Å². The molecule has 0 N–H and O–H groups in total. The molecule has 0 spiro atoms. The minimum Gasteiger partial charge on any atom is -0.463 e. The topological polar surface area (TPSA) is 133 Å². The third-order valence-electron chi connectivity index (χ3n) is 5.21. The van der Waals surface area contributed by atoms with Crippen molar-refractivity contribution in [1.29, 1.82) is 0 Å². The first kappa shape index (κ1) is 31.3. The van der Waals surface area contributed by atoms with Gasteiger partial charge in [-0.05, 0) is 30.3 Å². The standard InChI is InChI=1S/C26H25Cl3O11/c1-12(30)34-11-22-23(35-13(2)31)24(36-14(3)32)25(37-15(4)33)26(40-22)39-21-10-17(28)6-8-20(21)38-19-7-5-16(27)9-18(19)29/h5-10,22-26H,11H2,1-4H3. The van der Waals surface area contributed by atoms with Crippen molar-refractivity contribution in [3.63, 3.8) is 0 Å². The quantitative estimate of drug-likeness (QED) is 0.280. The fourth-order valence-electron chi connectivity index (χ4n) is 3.74. The second kappa shape index (κ2) is 13.9. The van der Waals surface area contributed by atoms with Crippen LogP contribution < -0.4 is 9.47 Å². The number of carbonyl (C=O) groups is 4. The molecule has 5 atom stereocenters. The molecule has 0 amide bonds. The summed E-state index contributed by atoms with van der Waals surface area (Å²) in [5.41, 5.74) is 0. The van der Waals surface area contributed by atoms with Gasteiger partial charge >= 0.3 is 23.9 Å². The Morgan fingerprint density at radius 2 is 1.25 bits per heavy atom. The van der Waals surface area contributed by atoms with Crippen LogP contribution in [-0.4, -0.2) is 61.2 Å². The average molecular weight is 620 g/mol. The van der Waals surface area contributed by atoms with Gasteiger partial charge in [0.15, 0.2) is 23.7 Å². The van der Waals surface area contributed by atoms with Gasteiger partial charge in [0.2, 0.25) is 12.4 Å². The Kier molecular flexibility index (Phi) is 10.9. The molecule has 1 fully saturated rings. The smallest absolute Gasteiger partial charge is 0.303 e. The van der Waals surface area contributed by atoms with Crippen LogP contribution in [0.2, 0.25) is 15.1 Å². The van der Waals surface area contributed by atoms with Gasteiger partial charge in [-0.15, -0.1) is 0 Å². The Bertz CT molecular complexity index is 1270. The number of carbonyl (C=O) groups excluding carboxylic acids is 4. The monoisotopic (exact) mass is 618 g/mol. The summed E-state index contributed by atoms with van der Waals surface area (Å²) in [7, 11) is 0. The molecular weight excluding hydrogens is 595 g/mol. The Hall–Kier alpha value is -3.25. The molecule has 0 aliphatic carbocycles. The normalized spacial score (nSPS) is 22.0. The van der Waals surface area contributed by atoms with Crippen molar-refractivity contribution in [2.45, 2.75) is 58.4 Å². The van der Waals surface area contributed by atoms with Gasteiger partial charge in [0.1, 0.15) is 18.5 Å². The van der Waals surface area contributed by atoms with Crippen LogP contribution in [-0.2, 0) is 42.9 Å². The maximum absolute atomic E-state index is 12.1. The zero-order chi connectivity index (χ0) is 29.6. The summed E-state index contributed by atoms with van der Waals surface area (Å²) in [5.74, 6) is -2.60. The van der Waals surface area contributed by atoms with Gasteiger partial charge in [-0.25, -0.2) is 0 Å². The number of hydrogen-bond acceptors (Lipinski definition) is 11. The molecule has 2 aromatic carbocycles. The molecule has 1 saturated heterocycles. The fourth-order valence-corrected chi connectivity index (χ4v) is 4.35. The fraction of sp³-hybridized carbons (Fsp3) is 0.385. The highest BCUT2D eigenvalue weighted by molar-refractivity contribution is 6.35. The summed E-state index contributed by atoms with van der Waals surface area (Å²) >= 11 is 18.4. The lowest BCUT2D eigenvalue weighted by Gasteiger charge is -2.44. The van der Waals surface area contributed by atoms with Crippen LogP contribution in [0.4, 0.5) is 0 Å². The molecule has 3 rings (SSSR count). The molecule has 2 aromatic rings. The van der Waals surface area contributed by atoms with E-state index in [1.54, 1.807) is 6.07 Å².